The molecule has 0 aliphatic heterocycles. The highest BCUT2D eigenvalue weighted by Crippen LogP contribution is 2.28. The largest absolute Gasteiger partial charge is 0.299 e. The fourth-order valence-corrected chi connectivity index (χ4v) is 4.64. The molecule has 0 spiro atoms. The molecule has 1 aromatic heterocycles. The van der Waals surface area contributed by atoms with Gasteiger partial charge in [0.15, 0.2) is 0 Å². The monoisotopic (exact) mass is 454 g/mol. The number of amides is 1. The van der Waals surface area contributed by atoms with Gasteiger partial charge in [0, 0.05) is 10.6 Å². The number of anilines is 2. The molecule has 0 saturated heterocycles. The lowest BCUT2D eigenvalue weighted by Crippen LogP contribution is -2.45. The van der Waals surface area contributed by atoms with Gasteiger partial charge in [-0.25, -0.2) is 12.8 Å². The van der Waals surface area contributed by atoms with E-state index in [1.165, 1.54) is 19.1 Å². The number of aromatic nitrogens is 2. The smallest absolute Gasteiger partial charge is 0.249 e. The van der Waals surface area contributed by atoms with Crippen LogP contribution in [0.3, 0.4) is 0 Å². The highest BCUT2D eigenvalue weighted by atomic mass is 35.5. The molecule has 0 bridgehead atoms. The topological polar surface area (TPSA) is 92.3 Å². The van der Waals surface area contributed by atoms with Crippen LogP contribution < -0.4 is 9.62 Å². The van der Waals surface area contributed by atoms with E-state index in [1.807, 2.05) is 0 Å². The van der Waals surface area contributed by atoms with Crippen LogP contribution in [0, 0.1) is 5.82 Å². The van der Waals surface area contributed by atoms with E-state index in [0.717, 1.165) is 39.6 Å². The van der Waals surface area contributed by atoms with Gasteiger partial charge in [0.1, 0.15) is 16.9 Å². The van der Waals surface area contributed by atoms with Crippen molar-refractivity contribution < 1.29 is 17.6 Å². The van der Waals surface area contributed by atoms with Gasteiger partial charge >= 0.3 is 0 Å². The van der Waals surface area contributed by atoms with Crippen molar-refractivity contribution >= 4 is 49.7 Å². The lowest BCUT2D eigenvalue weighted by Gasteiger charge is -2.27. The molecule has 0 aliphatic carbocycles. The molecule has 11 heteroatoms. The Morgan fingerprint density at radius 3 is 2.34 bits per heavy atom. The molecule has 0 radical (unpaired) electrons. The number of sulfonamides is 1. The number of hydrogen-bond donors (Lipinski definition) is 1. The molecule has 1 amide bonds. The molecule has 7 nitrogen and oxygen atoms in total. The van der Waals surface area contributed by atoms with Crippen molar-refractivity contribution in [2.45, 2.75) is 13.0 Å². The summed E-state index contributed by atoms with van der Waals surface area (Å²) in [6.07, 6.45) is 0.976. The molecule has 0 fully saturated rings. The van der Waals surface area contributed by atoms with Crippen molar-refractivity contribution in [1.29, 1.82) is 0 Å². The predicted octanol–water partition coefficient (Wildman–Crippen LogP) is 3.79. The first-order chi connectivity index (χ1) is 13.6. The summed E-state index contributed by atoms with van der Waals surface area (Å²) in [5, 5.41) is 11.9. The first-order valence-corrected chi connectivity index (χ1v) is 11.3. The Morgan fingerprint density at radius 1 is 1.14 bits per heavy atom. The summed E-state index contributed by atoms with van der Waals surface area (Å²) in [5.41, 5.74) is 0.959. The molecule has 152 valence electrons. The zero-order chi connectivity index (χ0) is 21.2. The minimum absolute atomic E-state index is 0.177. The van der Waals surface area contributed by atoms with Crippen LogP contribution in [0.25, 0.3) is 10.6 Å². The van der Waals surface area contributed by atoms with E-state index < -0.39 is 27.8 Å². The van der Waals surface area contributed by atoms with E-state index >= 15 is 0 Å². The van der Waals surface area contributed by atoms with Crippen LogP contribution in [-0.2, 0) is 14.8 Å². The van der Waals surface area contributed by atoms with Crippen molar-refractivity contribution in [3.05, 3.63) is 59.4 Å². The summed E-state index contributed by atoms with van der Waals surface area (Å²) in [6.45, 7) is 1.43. The van der Waals surface area contributed by atoms with Crippen LogP contribution in [0.5, 0.6) is 0 Å². The van der Waals surface area contributed by atoms with E-state index in [2.05, 4.69) is 15.5 Å². The molecule has 0 saturated carbocycles. The van der Waals surface area contributed by atoms with Crippen molar-refractivity contribution in [3.63, 3.8) is 0 Å². The summed E-state index contributed by atoms with van der Waals surface area (Å²) in [6, 6.07) is 10.7. The highest BCUT2D eigenvalue weighted by Gasteiger charge is 2.29. The van der Waals surface area contributed by atoms with Crippen molar-refractivity contribution in [2.75, 3.05) is 15.9 Å². The SMILES string of the molecule is CC(C(=O)Nc1nnc(-c2ccc(Cl)cc2)s1)N(c1ccc(F)cc1)S(C)(=O)=O. The molecular formula is C18H16ClFN4O3S2. The maximum atomic E-state index is 13.2. The number of carbonyl (C=O) groups excluding carboxylic acids is 1. The van der Waals surface area contributed by atoms with Crippen LogP contribution in [0.2, 0.25) is 5.02 Å². The van der Waals surface area contributed by atoms with Gasteiger partial charge in [-0.1, -0.05) is 35.1 Å². The van der Waals surface area contributed by atoms with E-state index in [9.17, 15) is 17.6 Å². The van der Waals surface area contributed by atoms with Gasteiger partial charge in [-0.05, 0) is 43.3 Å². The number of rotatable bonds is 6. The number of benzene rings is 2. The summed E-state index contributed by atoms with van der Waals surface area (Å²) in [5.74, 6) is -1.11. The summed E-state index contributed by atoms with van der Waals surface area (Å²) < 4.78 is 38.6. The quantitative estimate of drug-likeness (QED) is 0.611. The number of hydrogen-bond acceptors (Lipinski definition) is 6. The summed E-state index contributed by atoms with van der Waals surface area (Å²) >= 11 is 7.01. The number of nitrogens with one attached hydrogen (secondary N) is 1. The van der Waals surface area contributed by atoms with Crippen LogP contribution in [0.4, 0.5) is 15.2 Å². The first-order valence-electron chi connectivity index (χ1n) is 8.30. The molecule has 1 heterocycles. The molecular weight excluding hydrogens is 439 g/mol. The fraction of sp³-hybridized carbons (Fsp3) is 0.167. The molecule has 1 unspecified atom stereocenters. The van der Waals surface area contributed by atoms with Crippen LogP contribution in [0.1, 0.15) is 6.92 Å². The average Bonchev–Trinajstić information content (AvgIpc) is 3.11. The van der Waals surface area contributed by atoms with Gasteiger partial charge in [-0.15, -0.1) is 10.2 Å². The minimum atomic E-state index is -3.80. The lowest BCUT2D eigenvalue weighted by molar-refractivity contribution is -0.116. The molecule has 1 atom stereocenters. The lowest BCUT2D eigenvalue weighted by atomic mass is 10.2. The first kappa shape index (κ1) is 21.2. The molecule has 3 aromatic rings. The standard InChI is InChI=1S/C18H16ClFN4O3S2/c1-11(24(29(2,26)27)15-9-7-14(20)8-10-15)16(25)21-18-23-22-17(28-18)12-3-5-13(19)6-4-12/h3-11H,1-2H3,(H,21,23,25). The Kier molecular flexibility index (Phi) is 6.15. The van der Waals surface area contributed by atoms with Crippen molar-refractivity contribution in [2.24, 2.45) is 0 Å². The Morgan fingerprint density at radius 2 is 1.76 bits per heavy atom. The maximum absolute atomic E-state index is 13.2. The third kappa shape index (κ3) is 5.08. The van der Waals surface area contributed by atoms with Gasteiger partial charge in [0.2, 0.25) is 21.1 Å². The average molecular weight is 455 g/mol. The predicted molar refractivity (Wildman–Crippen MR) is 112 cm³/mol. The Labute approximate surface area is 176 Å². The van der Waals surface area contributed by atoms with Gasteiger partial charge < -0.3 is 0 Å². The van der Waals surface area contributed by atoms with E-state index in [-0.39, 0.29) is 10.8 Å². The Hall–Kier alpha value is -2.56. The van der Waals surface area contributed by atoms with Crippen LogP contribution in [-0.4, -0.2) is 36.8 Å². The molecule has 29 heavy (non-hydrogen) atoms. The Bertz CT molecular complexity index is 1120. The van der Waals surface area contributed by atoms with Crippen LogP contribution in [0.15, 0.2) is 48.5 Å². The van der Waals surface area contributed by atoms with E-state index in [0.29, 0.717) is 10.0 Å². The zero-order valence-electron chi connectivity index (χ0n) is 15.3. The van der Waals surface area contributed by atoms with Crippen molar-refractivity contribution in [3.8, 4) is 10.6 Å². The van der Waals surface area contributed by atoms with Crippen molar-refractivity contribution in [1.82, 2.24) is 10.2 Å². The second-order valence-electron chi connectivity index (χ2n) is 6.12. The maximum Gasteiger partial charge on any atom is 0.249 e. The van der Waals surface area contributed by atoms with Gasteiger partial charge in [-0.3, -0.25) is 14.4 Å². The van der Waals surface area contributed by atoms with Gasteiger partial charge in [0.05, 0.1) is 11.9 Å². The molecule has 1 N–H and O–H groups in total. The Balaban J connectivity index is 1.80. The normalized spacial score (nSPS) is 12.4. The number of carbonyl (C=O) groups is 1. The second kappa shape index (κ2) is 8.44. The summed E-state index contributed by atoms with van der Waals surface area (Å²) in [4.78, 5) is 12.7. The highest BCUT2D eigenvalue weighted by molar-refractivity contribution is 7.92. The third-order valence-corrected chi connectivity index (χ3v) is 6.30. The van der Waals surface area contributed by atoms with Gasteiger partial charge in [0.25, 0.3) is 0 Å². The number of nitrogens with zero attached hydrogens (tertiary/aromatic N) is 3. The van der Waals surface area contributed by atoms with Gasteiger partial charge in [-0.2, -0.15) is 0 Å². The summed E-state index contributed by atoms with van der Waals surface area (Å²) in [7, 11) is -3.80. The number of halogens is 2. The molecule has 2 aromatic carbocycles. The third-order valence-electron chi connectivity index (χ3n) is 3.92. The van der Waals surface area contributed by atoms with Crippen LogP contribution >= 0.6 is 22.9 Å². The van der Waals surface area contributed by atoms with E-state index in [1.54, 1.807) is 24.3 Å². The zero-order valence-corrected chi connectivity index (χ0v) is 17.7. The minimum Gasteiger partial charge on any atom is -0.299 e. The molecule has 0 aliphatic rings. The second-order valence-corrected chi connectivity index (χ2v) is 9.39. The fourth-order valence-electron chi connectivity index (χ4n) is 2.59. The van der Waals surface area contributed by atoms with E-state index in [4.69, 9.17) is 11.6 Å². The molecule has 3 rings (SSSR count).